The van der Waals surface area contributed by atoms with Crippen LogP contribution >= 0.6 is 23.2 Å². The third-order valence-corrected chi connectivity index (χ3v) is 2.53. The Hall–Kier alpha value is -0.970. The fraction of sp³-hybridized carbons (Fsp3) is 0.300. The quantitative estimate of drug-likeness (QED) is 0.846. The fourth-order valence-corrected chi connectivity index (χ4v) is 1.60. The van der Waals surface area contributed by atoms with Gasteiger partial charge in [-0.2, -0.15) is 0 Å². The van der Waals surface area contributed by atoms with Gasteiger partial charge in [0.25, 0.3) is 0 Å². The number of aliphatic hydroxyl groups excluding tert-OH is 1. The molecule has 88 valence electrons. The van der Waals surface area contributed by atoms with Crippen LogP contribution in [0.15, 0.2) is 12.1 Å². The highest BCUT2D eigenvalue weighted by Crippen LogP contribution is 2.30. The summed E-state index contributed by atoms with van der Waals surface area (Å²) in [6.07, 6.45) is 0. The number of carbonyl (C=O) groups excluding carboxylic acids is 1. The summed E-state index contributed by atoms with van der Waals surface area (Å²) in [7, 11) is 1.26. The van der Waals surface area contributed by atoms with E-state index >= 15 is 0 Å². The maximum absolute atomic E-state index is 10.8. The molecule has 0 aliphatic rings. The first-order valence-electron chi connectivity index (χ1n) is 4.37. The second-order valence-corrected chi connectivity index (χ2v) is 3.70. The van der Waals surface area contributed by atoms with Crippen LogP contribution in [0.4, 0.5) is 0 Å². The minimum atomic E-state index is -0.501. The maximum atomic E-state index is 10.8. The van der Waals surface area contributed by atoms with Crippen molar-refractivity contribution in [2.45, 2.75) is 6.61 Å². The van der Waals surface area contributed by atoms with Crippen LogP contribution in [0.1, 0.15) is 5.56 Å². The molecule has 0 saturated carbocycles. The van der Waals surface area contributed by atoms with Crippen molar-refractivity contribution in [3.05, 3.63) is 27.7 Å². The van der Waals surface area contributed by atoms with E-state index in [1.54, 1.807) is 0 Å². The Morgan fingerprint density at radius 2 is 1.94 bits per heavy atom. The van der Waals surface area contributed by atoms with Crippen molar-refractivity contribution in [1.29, 1.82) is 0 Å². The van der Waals surface area contributed by atoms with E-state index in [0.717, 1.165) is 0 Å². The van der Waals surface area contributed by atoms with Crippen LogP contribution in [0, 0.1) is 0 Å². The molecule has 0 unspecified atom stereocenters. The highest BCUT2D eigenvalue weighted by Gasteiger charge is 2.09. The monoisotopic (exact) mass is 264 g/mol. The van der Waals surface area contributed by atoms with E-state index in [1.165, 1.54) is 19.2 Å². The van der Waals surface area contributed by atoms with Gasteiger partial charge in [0.15, 0.2) is 6.61 Å². The molecular weight excluding hydrogens is 255 g/mol. The highest BCUT2D eigenvalue weighted by molar-refractivity contribution is 6.36. The lowest BCUT2D eigenvalue weighted by molar-refractivity contribution is -0.142. The molecule has 6 heteroatoms. The number of halogens is 2. The Labute approximate surface area is 103 Å². The average Bonchev–Trinajstić information content (AvgIpc) is 2.25. The summed E-state index contributed by atoms with van der Waals surface area (Å²) in [5.74, 6) is -0.156. The van der Waals surface area contributed by atoms with E-state index in [4.69, 9.17) is 33.0 Å². The third kappa shape index (κ3) is 3.27. The Bertz CT molecular complexity index is 369. The first-order valence-corrected chi connectivity index (χ1v) is 5.12. The van der Waals surface area contributed by atoms with Crippen molar-refractivity contribution >= 4 is 29.2 Å². The molecule has 0 aromatic heterocycles. The standard InChI is InChI=1S/C10H10Cl2O4/c1-15-10(14)5-16-6-2-8(11)7(4-13)9(12)3-6/h2-3,13H,4-5H2,1H3. The zero-order chi connectivity index (χ0) is 12.1. The van der Waals surface area contributed by atoms with Gasteiger partial charge in [0.05, 0.1) is 23.8 Å². The van der Waals surface area contributed by atoms with E-state index in [0.29, 0.717) is 11.3 Å². The fourth-order valence-electron chi connectivity index (χ4n) is 1.02. The molecule has 1 aromatic carbocycles. The summed E-state index contributed by atoms with van der Waals surface area (Å²) in [6, 6.07) is 2.95. The van der Waals surface area contributed by atoms with Crippen LogP contribution in [0.2, 0.25) is 10.0 Å². The van der Waals surface area contributed by atoms with Gasteiger partial charge in [0.1, 0.15) is 5.75 Å². The number of hydrogen-bond acceptors (Lipinski definition) is 4. The van der Waals surface area contributed by atoms with Gasteiger partial charge in [-0.15, -0.1) is 0 Å². The molecule has 1 rings (SSSR count). The molecule has 16 heavy (non-hydrogen) atoms. The van der Waals surface area contributed by atoms with Crippen molar-refractivity contribution < 1.29 is 19.4 Å². The third-order valence-electron chi connectivity index (χ3n) is 1.86. The van der Waals surface area contributed by atoms with Crippen LogP contribution < -0.4 is 4.74 Å². The molecule has 0 atom stereocenters. The molecule has 0 bridgehead atoms. The normalized spacial score (nSPS) is 10.0. The Morgan fingerprint density at radius 1 is 1.38 bits per heavy atom. The number of carbonyl (C=O) groups is 1. The zero-order valence-corrected chi connectivity index (χ0v) is 10.0. The second kappa shape index (κ2) is 5.94. The smallest absolute Gasteiger partial charge is 0.343 e. The van der Waals surface area contributed by atoms with Gasteiger partial charge in [-0.25, -0.2) is 4.79 Å². The number of ether oxygens (including phenoxy) is 2. The van der Waals surface area contributed by atoms with Crippen molar-refractivity contribution in [2.24, 2.45) is 0 Å². The van der Waals surface area contributed by atoms with E-state index in [9.17, 15) is 4.79 Å². The predicted molar refractivity (Wildman–Crippen MR) is 59.9 cm³/mol. The molecule has 0 spiro atoms. The summed E-state index contributed by atoms with van der Waals surface area (Å²) < 4.78 is 9.50. The van der Waals surface area contributed by atoms with Gasteiger partial charge in [-0.3, -0.25) is 0 Å². The van der Waals surface area contributed by atoms with Crippen molar-refractivity contribution in [3.63, 3.8) is 0 Å². The molecule has 0 fully saturated rings. The highest BCUT2D eigenvalue weighted by atomic mass is 35.5. The number of rotatable bonds is 4. The van der Waals surface area contributed by atoms with Crippen molar-refractivity contribution in [3.8, 4) is 5.75 Å². The van der Waals surface area contributed by atoms with E-state index in [1.807, 2.05) is 0 Å². The Balaban J connectivity index is 2.79. The van der Waals surface area contributed by atoms with Crippen molar-refractivity contribution in [1.82, 2.24) is 0 Å². The van der Waals surface area contributed by atoms with E-state index in [-0.39, 0.29) is 23.3 Å². The molecule has 0 radical (unpaired) electrons. The van der Waals surface area contributed by atoms with Gasteiger partial charge < -0.3 is 14.6 Å². The number of hydrogen-bond donors (Lipinski definition) is 1. The lowest BCUT2D eigenvalue weighted by Gasteiger charge is -2.08. The zero-order valence-electron chi connectivity index (χ0n) is 8.50. The molecule has 0 amide bonds. The summed E-state index contributed by atoms with van der Waals surface area (Å²) in [4.78, 5) is 10.8. The number of methoxy groups -OCH3 is 1. The second-order valence-electron chi connectivity index (χ2n) is 2.89. The molecule has 1 N–H and O–H groups in total. The summed E-state index contributed by atoms with van der Waals surface area (Å²) in [5, 5.41) is 9.54. The predicted octanol–water partition coefficient (Wildman–Crippen LogP) is 2.04. The van der Waals surface area contributed by atoms with E-state index < -0.39 is 5.97 Å². The first kappa shape index (κ1) is 13.1. The lowest BCUT2D eigenvalue weighted by atomic mass is 10.2. The Morgan fingerprint density at radius 3 is 2.38 bits per heavy atom. The maximum Gasteiger partial charge on any atom is 0.343 e. The molecule has 0 aliphatic heterocycles. The van der Waals surface area contributed by atoms with Crippen molar-refractivity contribution in [2.75, 3.05) is 13.7 Å². The van der Waals surface area contributed by atoms with Crippen LogP contribution in [-0.4, -0.2) is 24.8 Å². The lowest BCUT2D eigenvalue weighted by Crippen LogP contribution is -2.12. The SMILES string of the molecule is COC(=O)COc1cc(Cl)c(CO)c(Cl)c1. The molecule has 0 aliphatic carbocycles. The molecule has 0 heterocycles. The largest absolute Gasteiger partial charge is 0.482 e. The van der Waals surface area contributed by atoms with Gasteiger partial charge >= 0.3 is 5.97 Å². The Kier molecular flexibility index (Phi) is 4.86. The number of esters is 1. The van der Waals surface area contributed by atoms with Gasteiger partial charge in [0, 0.05) is 5.56 Å². The molecule has 1 aromatic rings. The van der Waals surface area contributed by atoms with Gasteiger partial charge in [-0.05, 0) is 12.1 Å². The number of benzene rings is 1. The minimum absolute atomic E-state index is 0.221. The topological polar surface area (TPSA) is 55.8 Å². The first-order chi connectivity index (χ1) is 7.58. The number of aliphatic hydroxyl groups is 1. The average molecular weight is 265 g/mol. The summed E-state index contributed by atoms with van der Waals surface area (Å²) in [5.41, 5.74) is 0.425. The van der Waals surface area contributed by atoms with Crippen LogP contribution in [-0.2, 0) is 16.1 Å². The summed E-state index contributed by atoms with van der Waals surface area (Å²) >= 11 is 11.7. The van der Waals surface area contributed by atoms with Crippen LogP contribution in [0.3, 0.4) is 0 Å². The van der Waals surface area contributed by atoms with Gasteiger partial charge in [-0.1, -0.05) is 23.2 Å². The summed E-state index contributed by atoms with van der Waals surface area (Å²) in [6.45, 7) is -0.476. The van der Waals surface area contributed by atoms with Crippen LogP contribution in [0.25, 0.3) is 0 Å². The molecule has 0 saturated heterocycles. The molecule has 4 nitrogen and oxygen atoms in total. The van der Waals surface area contributed by atoms with E-state index in [2.05, 4.69) is 4.74 Å². The van der Waals surface area contributed by atoms with Gasteiger partial charge in [0.2, 0.25) is 0 Å². The van der Waals surface area contributed by atoms with Crippen LogP contribution in [0.5, 0.6) is 5.75 Å². The minimum Gasteiger partial charge on any atom is -0.482 e. The molecular formula is C10H10Cl2O4.